The van der Waals surface area contributed by atoms with E-state index in [1.54, 1.807) is 11.3 Å². The number of anilines is 1. The van der Waals surface area contributed by atoms with E-state index in [1.165, 1.54) is 5.00 Å². The maximum Gasteiger partial charge on any atom is 0.0918 e. The number of nitrogens with zero attached hydrogens (tertiary/aromatic N) is 1. The number of halogens is 1. The Morgan fingerprint density at radius 3 is 2.44 bits per heavy atom. The molecule has 1 aromatic rings. The average Bonchev–Trinajstić information content (AvgIpc) is 2.14. The normalized spacial score (nSPS) is 9.67. The molecule has 0 atom stereocenters. The summed E-state index contributed by atoms with van der Waals surface area (Å²) in [5.74, 6) is 0. The Kier molecular flexibility index (Phi) is 1.98. The molecule has 0 saturated heterocycles. The summed E-state index contributed by atoms with van der Waals surface area (Å²) in [4.78, 5) is 2.04. The zero-order valence-corrected chi connectivity index (χ0v) is 6.96. The van der Waals surface area contributed by atoms with Crippen molar-refractivity contribution in [2.75, 3.05) is 19.0 Å². The Labute approximate surface area is 63.9 Å². The molecule has 3 heteroatoms. The molecule has 0 N–H and O–H groups in total. The van der Waals surface area contributed by atoms with Gasteiger partial charge in [0.1, 0.15) is 0 Å². The molecule has 0 spiro atoms. The third kappa shape index (κ3) is 1.60. The van der Waals surface area contributed by atoms with Crippen molar-refractivity contribution in [3.8, 4) is 0 Å². The molecule has 0 radical (unpaired) electrons. The highest BCUT2D eigenvalue weighted by molar-refractivity contribution is 7.14. The lowest BCUT2D eigenvalue weighted by atomic mass is 10.6. The molecular formula is C6H8ClNS. The van der Waals surface area contributed by atoms with Crippen LogP contribution in [0.1, 0.15) is 0 Å². The minimum absolute atomic E-state index is 0.823. The molecule has 0 unspecified atom stereocenters. The number of thiophene rings is 1. The number of hydrogen-bond donors (Lipinski definition) is 0. The largest absolute Gasteiger partial charge is 0.370 e. The molecule has 0 aliphatic heterocycles. The topological polar surface area (TPSA) is 3.24 Å². The van der Waals surface area contributed by atoms with Gasteiger partial charge >= 0.3 is 0 Å². The maximum atomic E-state index is 5.69. The molecule has 1 nitrogen and oxygen atoms in total. The zero-order valence-electron chi connectivity index (χ0n) is 5.39. The van der Waals surface area contributed by atoms with E-state index < -0.39 is 0 Å². The van der Waals surface area contributed by atoms with Crippen LogP contribution in [0.3, 0.4) is 0 Å². The van der Waals surface area contributed by atoms with Crippen LogP contribution in [0.5, 0.6) is 0 Å². The lowest BCUT2D eigenvalue weighted by Gasteiger charge is -2.06. The summed E-state index contributed by atoms with van der Waals surface area (Å²) < 4.78 is 0. The van der Waals surface area contributed by atoms with E-state index in [0.29, 0.717) is 0 Å². The van der Waals surface area contributed by atoms with E-state index in [-0.39, 0.29) is 0 Å². The number of rotatable bonds is 1. The number of hydrogen-bond acceptors (Lipinski definition) is 2. The van der Waals surface area contributed by atoms with Crippen LogP contribution in [0.25, 0.3) is 0 Å². The summed E-state index contributed by atoms with van der Waals surface area (Å²) in [7, 11) is 4.00. The fourth-order valence-corrected chi connectivity index (χ4v) is 1.55. The van der Waals surface area contributed by atoms with E-state index in [4.69, 9.17) is 11.6 Å². The van der Waals surface area contributed by atoms with Crippen molar-refractivity contribution >= 4 is 27.9 Å². The SMILES string of the molecule is CN(C)c1cc(Cl)cs1. The standard InChI is InChI=1S/C6H8ClNS/c1-8(2)6-3-5(7)4-9-6/h3-4H,1-2H3. The maximum absolute atomic E-state index is 5.69. The van der Waals surface area contributed by atoms with Crippen LogP contribution in [0.15, 0.2) is 11.4 Å². The van der Waals surface area contributed by atoms with E-state index in [0.717, 1.165) is 5.02 Å². The van der Waals surface area contributed by atoms with Crippen molar-refractivity contribution < 1.29 is 0 Å². The molecule has 9 heavy (non-hydrogen) atoms. The second-order valence-corrected chi connectivity index (χ2v) is 3.32. The predicted molar refractivity (Wildman–Crippen MR) is 43.7 cm³/mol. The monoisotopic (exact) mass is 161 g/mol. The molecule has 0 bridgehead atoms. The molecule has 0 aliphatic rings. The summed E-state index contributed by atoms with van der Waals surface area (Å²) in [6, 6.07) is 1.95. The first-order chi connectivity index (χ1) is 4.20. The highest BCUT2D eigenvalue weighted by atomic mass is 35.5. The van der Waals surface area contributed by atoms with Gasteiger partial charge in [0.05, 0.1) is 10.0 Å². The van der Waals surface area contributed by atoms with Gasteiger partial charge in [-0.3, -0.25) is 0 Å². The highest BCUT2D eigenvalue weighted by Crippen LogP contribution is 2.25. The molecular weight excluding hydrogens is 154 g/mol. The molecule has 0 amide bonds. The molecule has 1 heterocycles. The third-order valence-corrected chi connectivity index (χ3v) is 2.44. The van der Waals surface area contributed by atoms with Crippen molar-refractivity contribution in [2.24, 2.45) is 0 Å². The first-order valence-electron chi connectivity index (χ1n) is 2.61. The molecule has 1 rings (SSSR count). The van der Waals surface area contributed by atoms with Crippen LogP contribution in [0.2, 0.25) is 5.02 Å². The second kappa shape index (κ2) is 2.58. The quantitative estimate of drug-likeness (QED) is 0.612. The Morgan fingerprint density at radius 1 is 1.56 bits per heavy atom. The van der Waals surface area contributed by atoms with Crippen LogP contribution in [-0.2, 0) is 0 Å². The first kappa shape index (κ1) is 6.90. The van der Waals surface area contributed by atoms with Crippen LogP contribution in [0, 0.1) is 0 Å². The Balaban J connectivity index is 2.85. The summed E-state index contributed by atoms with van der Waals surface area (Å²) in [6.07, 6.45) is 0. The molecule has 50 valence electrons. The van der Waals surface area contributed by atoms with Crippen LogP contribution in [-0.4, -0.2) is 14.1 Å². The lowest BCUT2D eigenvalue weighted by molar-refractivity contribution is 1.16. The molecule has 0 fully saturated rings. The summed E-state index contributed by atoms with van der Waals surface area (Å²) >= 11 is 7.34. The van der Waals surface area contributed by atoms with Crippen molar-refractivity contribution in [2.45, 2.75) is 0 Å². The van der Waals surface area contributed by atoms with Gasteiger partial charge in [0.2, 0.25) is 0 Å². The minimum atomic E-state index is 0.823. The minimum Gasteiger partial charge on any atom is -0.370 e. The fraction of sp³-hybridized carbons (Fsp3) is 0.333. The van der Waals surface area contributed by atoms with Gasteiger partial charge in [-0.05, 0) is 6.07 Å². The van der Waals surface area contributed by atoms with Crippen LogP contribution < -0.4 is 4.90 Å². The fourth-order valence-electron chi connectivity index (χ4n) is 0.537. The average molecular weight is 162 g/mol. The summed E-state index contributed by atoms with van der Waals surface area (Å²) in [5.41, 5.74) is 0. The molecule has 0 saturated carbocycles. The van der Waals surface area contributed by atoms with Gasteiger partial charge in [-0.2, -0.15) is 0 Å². The Morgan fingerprint density at radius 2 is 2.22 bits per heavy atom. The van der Waals surface area contributed by atoms with Crippen molar-refractivity contribution in [3.05, 3.63) is 16.5 Å². The second-order valence-electron chi connectivity index (χ2n) is 2.00. The van der Waals surface area contributed by atoms with Crippen molar-refractivity contribution in [1.82, 2.24) is 0 Å². The molecule has 0 aromatic carbocycles. The summed E-state index contributed by atoms with van der Waals surface area (Å²) in [6.45, 7) is 0. The predicted octanol–water partition coefficient (Wildman–Crippen LogP) is 2.47. The van der Waals surface area contributed by atoms with Gasteiger partial charge in [0.15, 0.2) is 0 Å². The van der Waals surface area contributed by atoms with Gasteiger partial charge in [-0.1, -0.05) is 11.6 Å². The summed E-state index contributed by atoms with van der Waals surface area (Å²) in [5, 5.41) is 3.94. The Hall–Kier alpha value is -0.210. The van der Waals surface area contributed by atoms with E-state index in [1.807, 2.05) is 30.4 Å². The van der Waals surface area contributed by atoms with E-state index >= 15 is 0 Å². The molecule has 1 aromatic heterocycles. The van der Waals surface area contributed by atoms with Gasteiger partial charge in [0.25, 0.3) is 0 Å². The van der Waals surface area contributed by atoms with Crippen molar-refractivity contribution in [3.63, 3.8) is 0 Å². The zero-order chi connectivity index (χ0) is 6.85. The van der Waals surface area contributed by atoms with Crippen molar-refractivity contribution in [1.29, 1.82) is 0 Å². The lowest BCUT2D eigenvalue weighted by Crippen LogP contribution is -2.05. The van der Waals surface area contributed by atoms with Gasteiger partial charge in [-0.15, -0.1) is 11.3 Å². The van der Waals surface area contributed by atoms with Gasteiger partial charge in [-0.25, -0.2) is 0 Å². The van der Waals surface area contributed by atoms with Crippen LogP contribution in [0.4, 0.5) is 5.00 Å². The van der Waals surface area contributed by atoms with E-state index in [2.05, 4.69) is 0 Å². The molecule has 0 aliphatic carbocycles. The van der Waals surface area contributed by atoms with Gasteiger partial charge < -0.3 is 4.90 Å². The first-order valence-corrected chi connectivity index (χ1v) is 3.87. The van der Waals surface area contributed by atoms with E-state index in [9.17, 15) is 0 Å². The Bertz CT molecular complexity index is 195. The smallest absolute Gasteiger partial charge is 0.0918 e. The van der Waals surface area contributed by atoms with Crippen LogP contribution >= 0.6 is 22.9 Å². The van der Waals surface area contributed by atoms with Gasteiger partial charge in [0, 0.05) is 19.5 Å². The third-order valence-electron chi connectivity index (χ3n) is 0.994. The highest BCUT2D eigenvalue weighted by Gasteiger charge is 1.96.